The Hall–Kier alpha value is -1.82. The highest BCUT2D eigenvalue weighted by Gasteiger charge is 2.16. The van der Waals surface area contributed by atoms with E-state index in [-0.39, 0.29) is 0 Å². The number of allylic oxidation sites excluding steroid dienone is 1. The molecule has 0 saturated carbocycles. The van der Waals surface area contributed by atoms with Crippen molar-refractivity contribution in [3.63, 3.8) is 0 Å². The van der Waals surface area contributed by atoms with Crippen molar-refractivity contribution in [2.45, 2.75) is 32.6 Å². The van der Waals surface area contributed by atoms with Gasteiger partial charge in [-0.3, -0.25) is 0 Å². The number of hydrogen-bond acceptors (Lipinski definition) is 0. The molecule has 0 heteroatoms. The van der Waals surface area contributed by atoms with E-state index in [0.717, 1.165) is 6.42 Å². The molecule has 3 rings (SSSR count). The van der Waals surface area contributed by atoms with Crippen LogP contribution in [0.25, 0.3) is 22.9 Å². The Kier molecular flexibility index (Phi) is 3.25. The van der Waals surface area contributed by atoms with Gasteiger partial charge in [0.25, 0.3) is 0 Å². The van der Waals surface area contributed by atoms with Crippen LogP contribution in [-0.2, 0) is 12.8 Å². The fourth-order valence-electron chi connectivity index (χ4n) is 3.28. The molecule has 0 fully saturated rings. The summed E-state index contributed by atoms with van der Waals surface area (Å²) < 4.78 is 0. The fraction of sp³-hybridized carbons (Fsp3) is 0.263. The molecule has 0 nitrogen and oxygen atoms in total. The van der Waals surface area contributed by atoms with Crippen LogP contribution in [0, 0.1) is 0 Å². The minimum Gasteiger partial charge on any atom is -0.0984 e. The van der Waals surface area contributed by atoms with Gasteiger partial charge in [-0.1, -0.05) is 62.4 Å². The maximum absolute atomic E-state index is 4.05. The molecule has 96 valence electrons. The van der Waals surface area contributed by atoms with Crippen LogP contribution in [0.1, 0.15) is 42.0 Å². The highest BCUT2D eigenvalue weighted by molar-refractivity contribution is 5.99. The summed E-state index contributed by atoms with van der Waals surface area (Å²) in [6.07, 6.45) is 11.3. The molecule has 0 saturated heterocycles. The second-order valence-corrected chi connectivity index (χ2v) is 5.23. The van der Waals surface area contributed by atoms with E-state index < -0.39 is 0 Å². The van der Waals surface area contributed by atoms with Gasteiger partial charge >= 0.3 is 0 Å². The Labute approximate surface area is 115 Å². The Morgan fingerprint density at radius 2 is 2.00 bits per heavy atom. The van der Waals surface area contributed by atoms with Crippen LogP contribution in [0.2, 0.25) is 0 Å². The summed E-state index contributed by atoms with van der Waals surface area (Å²) >= 11 is 0. The summed E-state index contributed by atoms with van der Waals surface area (Å²) in [4.78, 5) is 0. The van der Waals surface area contributed by atoms with E-state index in [1.807, 2.05) is 6.08 Å². The van der Waals surface area contributed by atoms with Crippen LogP contribution in [0.3, 0.4) is 0 Å². The molecule has 0 bridgehead atoms. The van der Waals surface area contributed by atoms with Gasteiger partial charge in [-0.2, -0.15) is 0 Å². The van der Waals surface area contributed by atoms with E-state index >= 15 is 0 Å². The quantitative estimate of drug-likeness (QED) is 0.682. The lowest BCUT2D eigenvalue weighted by molar-refractivity contribution is 0.879. The first-order chi connectivity index (χ1) is 9.36. The second kappa shape index (κ2) is 5.05. The van der Waals surface area contributed by atoms with Crippen molar-refractivity contribution in [3.05, 3.63) is 59.2 Å². The third kappa shape index (κ3) is 1.92. The van der Waals surface area contributed by atoms with E-state index in [1.54, 1.807) is 5.56 Å². The molecular weight excluding hydrogens is 228 g/mol. The number of fused-ring (bicyclic) bond motifs is 3. The normalized spacial score (nSPS) is 13.5. The molecule has 0 heterocycles. The summed E-state index contributed by atoms with van der Waals surface area (Å²) in [6, 6.07) is 8.74. The number of hydrogen-bond donors (Lipinski definition) is 0. The van der Waals surface area contributed by atoms with Crippen LogP contribution in [-0.4, -0.2) is 0 Å². The van der Waals surface area contributed by atoms with E-state index in [1.165, 1.54) is 46.7 Å². The lowest BCUT2D eigenvalue weighted by Crippen LogP contribution is -2.04. The zero-order chi connectivity index (χ0) is 13.2. The Balaban J connectivity index is 2.44. The lowest BCUT2D eigenvalue weighted by Gasteiger charge is -2.21. The van der Waals surface area contributed by atoms with Crippen LogP contribution in [0.15, 0.2) is 36.9 Å². The first kappa shape index (κ1) is 12.2. The SMILES string of the molecule is C=Cc1c(CCC)c2c(c3ccccc13)C=CCC2. The fourth-order valence-corrected chi connectivity index (χ4v) is 3.28. The third-order valence-corrected chi connectivity index (χ3v) is 4.07. The van der Waals surface area contributed by atoms with E-state index in [0.29, 0.717) is 0 Å². The van der Waals surface area contributed by atoms with Gasteiger partial charge in [0.15, 0.2) is 0 Å². The van der Waals surface area contributed by atoms with E-state index in [4.69, 9.17) is 0 Å². The van der Waals surface area contributed by atoms with E-state index in [2.05, 4.69) is 49.9 Å². The van der Waals surface area contributed by atoms with Crippen molar-refractivity contribution in [2.75, 3.05) is 0 Å². The molecule has 1 aliphatic carbocycles. The van der Waals surface area contributed by atoms with Gasteiger partial charge in [0.2, 0.25) is 0 Å². The van der Waals surface area contributed by atoms with Gasteiger partial charge in [-0.25, -0.2) is 0 Å². The molecule has 0 spiro atoms. The second-order valence-electron chi connectivity index (χ2n) is 5.23. The molecule has 0 aliphatic heterocycles. The Morgan fingerprint density at radius 3 is 2.74 bits per heavy atom. The van der Waals surface area contributed by atoms with Gasteiger partial charge < -0.3 is 0 Å². The van der Waals surface area contributed by atoms with Gasteiger partial charge in [0.1, 0.15) is 0 Å². The molecular formula is C19H20. The minimum absolute atomic E-state index is 1.16. The van der Waals surface area contributed by atoms with Gasteiger partial charge in [-0.15, -0.1) is 0 Å². The van der Waals surface area contributed by atoms with Crippen LogP contribution in [0.4, 0.5) is 0 Å². The molecule has 1 aliphatic rings. The van der Waals surface area contributed by atoms with Crippen molar-refractivity contribution in [2.24, 2.45) is 0 Å². The molecule has 2 aromatic carbocycles. The third-order valence-electron chi connectivity index (χ3n) is 4.07. The average Bonchev–Trinajstić information content (AvgIpc) is 2.48. The highest BCUT2D eigenvalue weighted by atomic mass is 14.2. The molecule has 0 amide bonds. The largest absolute Gasteiger partial charge is 0.0984 e. The monoisotopic (exact) mass is 248 g/mol. The van der Waals surface area contributed by atoms with Crippen molar-refractivity contribution < 1.29 is 0 Å². The summed E-state index contributed by atoms with van der Waals surface area (Å²) in [6.45, 7) is 6.31. The maximum Gasteiger partial charge on any atom is -0.0103 e. The highest BCUT2D eigenvalue weighted by Crippen LogP contribution is 2.35. The van der Waals surface area contributed by atoms with Crippen LogP contribution < -0.4 is 0 Å². The summed E-state index contributed by atoms with van der Waals surface area (Å²) in [5, 5.41) is 2.73. The van der Waals surface area contributed by atoms with Crippen molar-refractivity contribution >= 4 is 22.9 Å². The topological polar surface area (TPSA) is 0 Å². The molecule has 19 heavy (non-hydrogen) atoms. The zero-order valence-corrected chi connectivity index (χ0v) is 11.6. The van der Waals surface area contributed by atoms with Crippen molar-refractivity contribution in [1.29, 1.82) is 0 Å². The van der Waals surface area contributed by atoms with Crippen LogP contribution in [0.5, 0.6) is 0 Å². The predicted octanol–water partition coefficient (Wildman–Crippen LogP) is 5.39. The summed E-state index contributed by atoms with van der Waals surface area (Å²) in [5.74, 6) is 0. The van der Waals surface area contributed by atoms with Crippen LogP contribution >= 0.6 is 0 Å². The van der Waals surface area contributed by atoms with Gasteiger partial charge in [0.05, 0.1) is 0 Å². The molecule has 0 unspecified atom stereocenters. The van der Waals surface area contributed by atoms with Crippen molar-refractivity contribution in [1.82, 2.24) is 0 Å². The molecule has 0 N–H and O–H groups in total. The predicted molar refractivity (Wildman–Crippen MR) is 85.4 cm³/mol. The molecule has 0 aromatic heterocycles. The summed E-state index contributed by atoms with van der Waals surface area (Å²) in [7, 11) is 0. The average molecular weight is 248 g/mol. The first-order valence-corrected chi connectivity index (χ1v) is 7.22. The van der Waals surface area contributed by atoms with Gasteiger partial charge in [-0.05, 0) is 52.3 Å². The minimum atomic E-state index is 1.16. The Bertz CT molecular complexity index is 659. The Morgan fingerprint density at radius 1 is 1.21 bits per heavy atom. The first-order valence-electron chi connectivity index (χ1n) is 7.22. The van der Waals surface area contributed by atoms with Gasteiger partial charge in [0, 0.05) is 0 Å². The standard InChI is InChI=1S/C19H20/c1-3-9-15-14(4-2)16-10-5-6-12-18(16)19-13-8-7-11-17(15)19/h4-6,8,10,12-13H,2-3,7,9,11H2,1H3. The lowest BCUT2D eigenvalue weighted by atomic mass is 9.83. The maximum atomic E-state index is 4.05. The number of benzene rings is 2. The van der Waals surface area contributed by atoms with E-state index in [9.17, 15) is 0 Å². The zero-order valence-electron chi connectivity index (χ0n) is 11.6. The smallest absolute Gasteiger partial charge is 0.0103 e. The summed E-state index contributed by atoms with van der Waals surface area (Å²) in [5.41, 5.74) is 5.87. The van der Waals surface area contributed by atoms with Crippen molar-refractivity contribution in [3.8, 4) is 0 Å². The molecule has 0 atom stereocenters. The molecule has 0 radical (unpaired) electrons. The number of rotatable bonds is 3. The molecule has 2 aromatic rings.